The molecule has 1 aromatic carbocycles. The van der Waals surface area contributed by atoms with E-state index in [1.807, 2.05) is 12.1 Å². The molecule has 2 N–H and O–H groups in total. The van der Waals surface area contributed by atoms with Crippen molar-refractivity contribution in [1.82, 2.24) is 25.5 Å². The summed E-state index contributed by atoms with van der Waals surface area (Å²) in [6.07, 6.45) is 4.24. The molecule has 0 aliphatic rings. The fraction of sp³-hybridized carbons (Fsp3) is 0.263. The molecule has 7 heteroatoms. The Labute approximate surface area is 156 Å². The highest BCUT2D eigenvalue weighted by atomic mass is 32.2. The van der Waals surface area contributed by atoms with Crippen LogP contribution in [0.5, 0.6) is 0 Å². The number of carbonyl (C=O) groups excluding carboxylic acids is 1. The van der Waals surface area contributed by atoms with E-state index in [2.05, 4.69) is 63.6 Å². The smallest absolute Gasteiger partial charge is 0.230 e. The summed E-state index contributed by atoms with van der Waals surface area (Å²) >= 11 is 1.31. The minimum absolute atomic E-state index is 0.0169. The zero-order valence-corrected chi connectivity index (χ0v) is 15.6. The molecule has 0 saturated carbocycles. The van der Waals surface area contributed by atoms with Crippen molar-refractivity contribution < 1.29 is 4.79 Å². The maximum atomic E-state index is 12.3. The predicted octanol–water partition coefficient (Wildman–Crippen LogP) is 3.53. The van der Waals surface area contributed by atoms with Gasteiger partial charge in [0.25, 0.3) is 0 Å². The lowest BCUT2D eigenvalue weighted by atomic mass is 10.0. The first kappa shape index (κ1) is 18.1. The van der Waals surface area contributed by atoms with Crippen molar-refractivity contribution in [2.24, 2.45) is 0 Å². The minimum atomic E-state index is -0.0299. The Bertz CT molecular complexity index is 848. The summed E-state index contributed by atoms with van der Waals surface area (Å²) in [7, 11) is 0. The van der Waals surface area contributed by atoms with Gasteiger partial charge in [-0.05, 0) is 31.0 Å². The highest BCUT2D eigenvalue weighted by molar-refractivity contribution is 7.99. The lowest BCUT2D eigenvalue weighted by Gasteiger charge is -2.17. The van der Waals surface area contributed by atoms with Crippen LogP contribution in [0.4, 0.5) is 0 Å². The van der Waals surface area contributed by atoms with Gasteiger partial charge < -0.3 is 5.32 Å². The van der Waals surface area contributed by atoms with Gasteiger partial charge in [-0.15, -0.1) is 5.10 Å². The van der Waals surface area contributed by atoms with Crippen LogP contribution >= 0.6 is 11.8 Å². The normalized spacial score (nSPS) is 11.9. The van der Waals surface area contributed by atoms with Crippen LogP contribution in [0.1, 0.15) is 30.5 Å². The average Bonchev–Trinajstić information content (AvgIpc) is 3.15. The Morgan fingerprint density at radius 3 is 2.62 bits per heavy atom. The van der Waals surface area contributed by atoms with E-state index in [-0.39, 0.29) is 17.7 Å². The van der Waals surface area contributed by atoms with Crippen molar-refractivity contribution in [2.75, 3.05) is 5.75 Å². The summed E-state index contributed by atoms with van der Waals surface area (Å²) < 4.78 is 0. The molecule has 0 bridgehead atoms. The molecular weight excluding hydrogens is 346 g/mol. The molecule has 1 amide bonds. The zero-order valence-electron chi connectivity index (χ0n) is 14.8. The van der Waals surface area contributed by atoms with Gasteiger partial charge in [0.15, 0.2) is 5.82 Å². The number of H-pyrrole nitrogens is 1. The molecular formula is C19H21N5OS. The van der Waals surface area contributed by atoms with Crippen molar-refractivity contribution in [2.45, 2.75) is 31.5 Å². The maximum Gasteiger partial charge on any atom is 0.230 e. The van der Waals surface area contributed by atoms with Crippen LogP contribution in [0.15, 0.2) is 53.9 Å². The number of hydrogen-bond donors (Lipinski definition) is 2. The number of rotatable bonds is 7. The average molecular weight is 367 g/mol. The van der Waals surface area contributed by atoms with E-state index in [4.69, 9.17) is 0 Å². The quantitative estimate of drug-likeness (QED) is 0.624. The number of carbonyl (C=O) groups is 1. The van der Waals surface area contributed by atoms with Crippen LogP contribution in [0.3, 0.4) is 0 Å². The van der Waals surface area contributed by atoms with E-state index in [0.717, 1.165) is 17.5 Å². The summed E-state index contributed by atoms with van der Waals surface area (Å²) in [5.74, 6) is 0.912. The van der Waals surface area contributed by atoms with Gasteiger partial charge in [0.05, 0.1) is 11.8 Å². The van der Waals surface area contributed by atoms with Crippen LogP contribution in [0.25, 0.3) is 11.4 Å². The van der Waals surface area contributed by atoms with E-state index >= 15 is 0 Å². The molecule has 0 saturated heterocycles. The van der Waals surface area contributed by atoms with Gasteiger partial charge in [-0.3, -0.25) is 14.9 Å². The number of benzene rings is 1. The van der Waals surface area contributed by atoms with Crippen molar-refractivity contribution in [1.29, 1.82) is 0 Å². The maximum absolute atomic E-state index is 12.3. The van der Waals surface area contributed by atoms with Crippen molar-refractivity contribution >= 4 is 17.7 Å². The summed E-state index contributed by atoms with van der Waals surface area (Å²) in [5.41, 5.74) is 3.24. The number of amides is 1. The van der Waals surface area contributed by atoms with Gasteiger partial charge in [0.2, 0.25) is 11.1 Å². The van der Waals surface area contributed by atoms with Crippen LogP contribution in [-0.2, 0) is 4.79 Å². The number of nitrogens with zero attached hydrogens (tertiary/aromatic N) is 3. The van der Waals surface area contributed by atoms with E-state index in [9.17, 15) is 4.79 Å². The molecule has 3 aromatic rings. The second-order valence-corrected chi connectivity index (χ2v) is 6.87. The first-order valence-electron chi connectivity index (χ1n) is 8.47. The van der Waals surface area contributed by atoms with Crippen LogP contribution in [0.2, 0.25) is 0 Å². The Balaban J connectivity index is 1.55. The third kappa shape index (κ3) is 4.70. The molecule has 0 aliphatic heterocycles. The van der Waals surface area contributed by atoms with Crippen LogP contribution in [-0.4, -0.2) is 31.8 Å². The standard InChI is InChI=1S/C19H21N5OS/c1-3-16(14-6-4-13(2)5-7-14)21-17(25)12-26-19-22-18(23-24-19)15-8-10-20-11-9-15/h4-11,16H,3,12H2,1-2H3,(H,21,25)(H,22,23,24). The van der Waals surface area contributed by atoms with Gasteiger partial charge in [-0.25, -0.2) is 4.98 Å². The summed E-state index contributed by atoms with van der Waals surface area (Å²) in [5, 5.41) is 10.7. The number of aromatic nitrogens is 4. The van der Waals surface area contributed by atoms with Crippen molar-refractivity contribution in [3.05, 3.63) is 59.9 Å². The first-order chi connectivity index (χ1) is 12.7. The molecule has 0 radical (unpaired) electrons. The second-order valence-electron chi connectivity index (χ2n) is 5.93. The van der Waals surface area contributed by atoms with E-state index < -0.39 is 0 Å². The van der Waals surface area contributed by atoms with Gasteiger partial charge in [-0.1, -0.05) is 48.5 Å². The number of aryl methyl sites for hydroxylation is 1. The first-order valence-corrected chi connectivity index (χ1v) is 9.45. The monoisotopic (exact) mass is 367 g/mol. The fourth-order valence-corrected chi connectivity index (χ4v) is 3.15. The van der Waals surface area contributed by atoms with E-state index in [1.165, 1.54) is 17.3 Å². The third-order valence-corrected chi connectivity index (χ3v) is 4.82. The molecule has 1 atom stereocenters. The molecule has 0 spiro atoms. The number of hydrogen-bond acceptors (Lipinski definition) is 5. The highest BCUT2D eigenvalue weighted by Gasteiger charge is 2.14. The Morgan fingerprint density at radius 2 is 1.92 bits per heavy atom. The Hall–Kier alpha value is -2.67. The van der Waals surface area contributed by atoms with Gasteiger partial charge in [-0.2, -0.15) is 0 Å². The van der Waals surface area contributed by atoms with Gasteiger partial charge in [0.1, 0.15) is 0 Å². The summed E-state index contributed by atoms with van der Waals surface area (Å²) in [4.78, 5) is 20.7. The van der Waals surface area contributed by atoms with E-state index in [0.29, 0.717) is 11.0 Å². The summed E-state index contributed by atoms with van der Waals surface area (Å²) in [6, 6.07) is 12.0. The van der Waals surface area contributed by atoms with Gasteiger partial charge >= 0.3 is 0 Å². The van der Waals surface area contributed by atoms with Crippen molar-refractivity contribution in [3.63, 3.8) is 0 Å². The fourth-order valence-electron chi connectivity index (χ4n) is 2.54. The molecule has 3 rings (SSSR count). The topological polar surface area (TPSA) is 83.6 Å². The third-order valence-electron chi connectivity index (χ3n) is 3.97. The largest absolute Gasteiger partial charge is 0.349 e. The second kappa shape index (κ2) is 8.62. The predicted molar refractivity (Wildman–Crippen MR) is 103 cm³/mol. The lowest BCUT2D eigenvalue weighted by Crippen LogP contribution is -2.29. The SMILES string of the molecule is CCC(NC(=O)CSc1n[nH]c(-c2ccncc2)n1)c1ccc(C)cc1. The molecule has 6 nitrogen and oxygen atoms in total. The number of aromatic amines is 1. The van der Waals surface area contributed by atoms with Crippen LogP contribution in [0, 0.1) is 6.92 Å². The molecule has 1 unspecified atom stereocenters. The molecule has 0 aliphatic carbocycles. The number of thioether (sulfide) groups is 1. The highest BCUT2D eigenvalue weighted by Crippen LogP contribution is 2.20. The Morgan fingerprint density at radius 1 is 1.19 bits per heavy atom. The van der Waals surface area contributed by atoms with Crippen LogP contribution < -0.4 is 5.32 Å². The van der Waals surface area contributed by atoms with E-state index in [1.54, 1.807) is 12.4 Å². The minimum Gasteiger partial charge on any atom is -0.349 e. The Kier molecular flexibility index (Phi) is 6.01. The molecule has 2 aromatic heterocycles. The molecule has 2 heterocycles. The summed E-state index contributed by atoms with van der Waals surface area (Å²) in [6.45, 7) is 4.12. The zero-order chi connectivity index (χ0) is 18.4. The number of nitrogens with one attached hydrogen (secondary N) is 2. The molecule has 0 fully saturated rings. The molecule has 26 heavy (non-hydrogen) atoms. The van der Waals surface area contributed by atoms with Gasteiger partial charge in [0, 0.05) is 18.0 Å². The van der Waals surface area contributed by atoms with Crippen molar-refractivity contribution in [3.8, 4) is 11.4 Å². The molecule has 134 valence electrons. The lowest BCUT2D eigenvalue weighted by molar-refractivity contribution is -0.119. The number of pyridine rings is 1.